The predicted octanol–water partition coefficient (Wildman–Crippen LogP) is 0.953. The molecule has 0 aromatic rings. The van der Waals surface area contributed by atoms with E-state index < -0.39 is 0 Å². The van der Waals surface area contributed by atoms with Gasteiger partial charge >= 0.3 is 0 Å². The van der Waals surface area contributed by atoms with E-state index in [0.29, 0.717) is 6.04 Å². The van der Waals surface area contributed by atoms with E-state index in [2.05, 4.69) is 24.2 Å². The van der Waals surface area contributed by atoms with Gasteiger partial charge in [0, 0.05) is 26.2 Å². The summed E-state index contributed by atoms with van der Waals surface area (Å²) < 4.78 is 5.06. The lowest BCUT2D eigenvalue weighted by molar-refractivity contribution is 0.149. The Hall–Kier alpha value is -0.120. The summed E-state index contributed by atoms with van der Waals surface area (Å²) in [6.45, 7) is 6.54. The summed E-state index contributed by atoms with van der Waals surface area (Å²) in [5.74, 6) is 0.886. The van der Waals surface area contributed by atoms with Crippen LogP contribution in [0.3, 0.4) is 0 Å². The lowest BCUT2D eigenvalue weighted by Gasteiger charge is -2.31. The van der Waals surface area contributed by atoms with Gasteiger partial charge in [0.15, 0.2) is 0 Å². The van der Waals surface area contributed by atoms with Crippen LogP contribution >= 0.6 is 0 Å². The molecule has 0 spiro atoms. The van der Waals surface area contributed by atoms with Crippen LogP contribution < -0.4 is 5.32 Å². The van der Waals surface area contributed by atoms with Crippen molar-refractivity contribution >= 4 is 0 Å². The maximum Gasteiger partial charge on any atom is 0.0589 e. The molecule has 1 aliphatic heterocycles. The monoisotopic (exact) mass is 200 g/mol. The molecule has 0 radical (unpaired) electrons. The van der Waals surface area contributed by atoms with Crippen LogP contribution in [0, 0.1) is 5.92 Å². The van der Waals surface area contributed by atoms with Crippen molar-refractivity contribution in [2.45, 2.75) is 25.8 Å². The highest BCUT2D eigenvalue weighted by Gasteiger charge is 2.18. The Kier molecular flexibility index (Phi) is 5.45. The van der Waals surface area contributed by atoms with Gasteiger partial charge in [-0.15, -0.1) is 0 Å². The molecule has 0 aliphatic carbocycles. The number of piperidine rings is 1. The van der Waals surface area contributed by atoms with Gasteiger partial charge < -0.3 is 15.0 Å². The third-order valence-corrected chi connectivity index (χ3v) is 2.97. The van der Waals surface area contributed by atoms with Crippen LogP contribution in [0.5, 0.6) is 0 Å². The van der Waals surface area contributed by atoms with Crippen LogP contribution in [-0.2, 0) is 4.74 Å². The molecule has 0 bridgehead atoms. The summed E-state index contributed by atoms with van der Waals surface area (Å²) in [4.78, 5) is 2.35. The summed E-state index contributed by atoms with van der Waals surface area (Å²) in [6, 6.07) is 0.681. The predicted molar refractivity (Wildman–Crippen MR) is 59.6 cm³/mol. The molecule has 1 N–H and O–H groups in total. The lowest BCUT2D eigenvalue weighted by Crippen LogP contribution is -2.45. The Morgan fingerprint density at radius 1 is 1.50 bits per heavy atom. The van der Waals surface area contributed by atoms with Gasteiger partial charge in [-0.2, -0.15) is 0 Å². The zero-order valence-electron chi connectivity index (χ0n) is 9.75. The SMILES string of the molecule is COCCN(C)CC1CC(C)CCN1. The van der Waals surface area contributed by atoms with Crippen LogP contribution in [0.1, 0.15) is 19.8 Å². The first-order chi connectivity index (χ1) is 6.72. The van der Waals surface area contributed by atoms with E-state index in [1.807, 2.05) is 0 Å². The molecule has 0 aromatic heterocycles. The standard InChI is InChI=1S/C11H24N2O/c1-10-4-5-12-11(8-10)9-13(2)6-7-14-3/h10-12H,4-9H2,1-3H3. The van der Waals surface area contributed by atoms with E-state index in [1.165, 1.54) is 19.4 Å². The zero-order chi connectivity index (χ0) is 10.4. The molecule has 14 heavy (non-hydrogen) atoms. The third-order valence-electron chi connectivity index (χ3n) is 2.97. The molecular formula is C11H24N2O. The number of nitrogens with one attached hydrogen (secondary N) is 1. The van der Waals surface area contributed by atoms with Crippen molar-refractivity contribution in [1.82, 2.24) is 10.2 Å². The van der Waals surface area contributed by atoms with Crippen LogP contribution in [0.25, 0.3) is 0 Å². The fourth-order valence-electron chi connectivity index (χ4n) is 2.07. The van der Waals surface area contributed by atoms with Crippen molar-refractivity contribution in [3.63, 3.8) is 0 Å². The maximum atomic E-state index is 5.06. The number of ether oxygens (including phenoxy) is 1. The fraction of sp³-hybridized carbons (Fsp3) is 1.00. The van der Waals surface area contributed by atoms with E-state index >= 15 is 0 Å². The molecule has 1 aliphatic rings. The molecule has 3 heteroatoms. The number of likely N-dealkylation sites (N-methyl/N-ethyl adjacent to an activating group) is 1. The summed E-state index contributed by atoms with van der Waals surface area (Å²) in [5.41, 5.74) is 0. The first-order valence-corrected chi connectivity index (χ1v) is 5.63. The molecule has 1 fully saturated rings. The largest absolute Gasteiger partial charge is 0.383 e. The van der Waals surface area contributed by atoms with E-state index in [-0.39, 0.29) is 0 Å². The number of methoxy groups -OCH3 is 1. The van der Waals surface area contributed by atoms with Crippen LogP contribution in [0.2, 0.25) is 0 Å². The fourth-order valence-corrected chi connectivity index (χ4v) is 2.07. The van der Waals surface area contributed by atoms with Gasteiger partial charge in [-0.3, -0.25) is 0 Å². The normalized spacial score (nSPS) is 28.3. The highest BCUT2D eigenvalue weighted by molar-refractivity contribution is 4.78. The zero-order valence-corrected chi connectivity index (χ0v) is 9.75. The van der Waals surface area contributed by atoms with Gasteiger partial charge in [-0.1, -0.05) is 6.92 Å². The van der Waals surface area contributed by atoms with Gasteiger partial charge in [0.25, 0.3) is 0 Å². The molecule has 1 saturated heterocycles. The summed E-state index contributed by atoms with van der Waals surface area (Å²) in [6.07, 6.45) is 2.65. The van der Waals surface area contributed by atoms with Crippen molar-refractivity contribution in [2.24, 2.45) is 5.92 Å². The molecule has 3 nitrogen and oxygen atoms in total. The minimum atomic E-state index is 0.681. The third kappa shape index (κ3) is 4.40. The van der Waals surface area contributed by atoms with Crippen molar-refractivity contribution in [2.75, 3.05) is 40.4 Å². The molecular weight excluding hydrogens is 176 g/mol. The Balaban J connectivity index is 2.15. The minimum absolute atomic E-state index is 0.681. The molecule has 1 heterocycles. The van der Waals surface area contributed by atoms with Crippen molar-refractivity contribution in [3.8, 4) is 0 Å². The lowest BCUT2D eigenvalue weighted by atomic mass is 9.94. The number of rotatable bonds is 5. The molecule has 2 atom stereocenters. The second-order valence-corrected chi connectivity index (χ2v) is 4.54. The molecule has 0 saturated carbocycles. The number of hydrogen-bond donors (Lipinski definition) is 1. The average Bonchev–Trinajstić information content (AvgIpc) is 2.15. The Bertz CT molecular complexity index is 152. The van der Waals surface area contributed by atoms with Crippen molar-refractivity contribution in [1.29, 1.82) is 0 Å². The minimum Gasteiger partial charge on any atom is -0.383 e. The number of nitrogens with zero attached hydrogens (tertiary/aromatic N) is 1. The molecule has 2 unspecified atom stereocenters. The van der Waals surface area contributed by atoms with E-state index in [9.17, 15) is 0 Å². The quantitative estimate of drug-likeness (QED) is 0.715. The van der Waals surface area contributed by atoms with Crippen LogP contribution in [0.4, 0.5) is 0 Å². The Labute approximate surface area is 87.8 Å². The van der Waals surface area contributed by atoms with Gasteiger partial charge in [0.1, 0.15) is 0 Å². The Morgan fingerprint density at radius 3 is 2.93 bits per heavy atom. The highest BCUT2D eigenvalue weighted by Crippen LogP contribution is 2.15. The van der Waals surface area contributed by atoms with Crippen LogP contribution in [0.15, 0.2) is 0 Å². The average molecular weight is 200 g/mol. The summed E-state index contributed by atoms with van der Waals surface area (Å²) >= 11 is 0. The smallest absolute Gasteiger partial charge is 0.0589 e. The second-order valence-electron chi connectivity index (χ2n) is 4.54. The van der Waals surface area contributed by atoms with Gasteiger partial charge in [-0.25, -0.2) is 0 Å². The van der Waals surface area contributed by atoms with E-state index in [0.717, 1.165) is 25.6 Å². The van der Waals surface area contributed by atoms with E-state index in [1.54, 1.807) is 7.11 Å². The molecule has 1 rings (SSSR count). The molecule has 84 valence electrons. The first kappa shape index (κ1) is 12.0. The Morgan fingerprint density at radius 2 is 2.29 bits per heavy atom. The van der Waals surface area contributed by atoms with Crippen molar-refractivity contribution in [3.05, 3.63) is 0 Å². The summed E-state index contributed by atoms with van der Waals surface area (Å²) in [7, 11) is 3.93. The first-order valence-electron chi connectivity index (χ1n) is 5.63. The summed E-state index contributed by atoms with van der Waals surface area (Å²) in [5, 5.41) is 3.57. The van der Waals surface area contributed by atoms with Gasteiger partial charge in [0.05, 0.1) is 6.61 Å². The topological polar surface area (TPSA) is 24.5 Å². The molecule has 0 amide bonds. The van der Waals surface area contributed by atoms with Crippen LogP contribution in [-0.4, -0.2) is 51.3 Å². The van der Waals surface area contributed by atoms with Gasteiger partial charge in [0.2, 0.25) is 0 Å². The second kappa shape index (κ2) is 6.38. The maximum absolute atomic E-state index is 5.06. The van der Waals surface area contributed by atoms with Gasteiger partial charge in [-0.05, 0) is 32.4 Å². The number of hydrogen-bond acceptors (Lipinski definition) is 3. The van der Waals surface area contributed by atoms with E-state index in [4.69, 9.17) is 4.74 Å². The highest BCUT2D eigenvalue weighted by atomic mass is 16.5. The van der Waals surface area contributed by atoms with Crippen molar-refractivity contribution < 1.29 is 4.74 Å². The molecule has 0 aromatic carbocycles.